The Morgan fingerprint density at radius 1 is 1.55 bits per heavy atom. The number of nitrogens with one attached hydrogen (secondary N) is 1. The van der Waals surface area contributed by atoms with Crippen molar-refractivity contribution in [2.24, 2.45) is 5.92 Å². The van der Waals surface area contributed by atoms with Gasteiger partial charge in [0.05, 0.1) is 12.5 Å². The molecule has 1 atom stereocenters. The average Bonchev–Trinajstić information content (AvgIpc) is 3.03. The monoisotopic (exact) mass is 319 g/mol. The van der Waals surface area contributed by atoms with E-state index in [0.717, 1.165) is 31.7 Å². The molecule has 1 fully saturated rings. The van der Waals surface area contributed by atoms with Gasteiger partial charge < -0.3 is 15.0 Å². The molecule has 0 spiro atoms. The summed E-state index contributed by atoms with van der Waals surface area (Å²) >= 11 is 1.73. The number of carbonyl (C=O) groups is 1. The molecule has 1 saturated heterocycles. The van der Waals surface area contributed by atoms with Gasteiger partial charge in [-0.15, -0.1) is 11.3 Å². The molecule has 1 amide bonds. The summed E-state index contributed by atoms with van der Waals surface area (Å²) in [7, 11) is 1.64. The van der Waals surface area contributed by atoms with Gasteiger partial charge >= 0.3 is 0 Å². The van der Waals surface area contributed by atoms with Crippen molar-refractivity contribution in [3.8, 4) is 0 Å². The first-order valence-corrected chi connectivity index (χ1v) is 8.51. The number of methoxy groups -OCH3 is 1. The fourth-order valence-corrected chi connectivity index (χ4v) is 3.71. The van der Waals surface area contributed by atoms with E-state index >= 15 is 0 Å². The molecule has 0 aromatic carbocycles. The van der Waals surface area contributed by atoms with E-state index in [-0.39, 0.29) is 11.8 Å². The van der Waals surface area contributed by atoms with Crippen molar-refractivity contribution in [3.05, 3.63) is 23.7 Å². The topological polar surface area (TPSA) is 54.5 Å². The zero-order valence-corrected chi connectivity index (χ0v) is 13.6. The van der Waals surface area contributed by atoms with Crippen LogP contribution in [-0.4, -0.2) is 44.2 Å². The molecule has 0 aliphatic carbocycles. The van der Waals surface area contributed by atoms with E-state index in [4.69, 9.17) is 4.74 Å². The number of rotatable bonds is 5. The lowest BCUT2D eigenvalue weighted by Crippen LogP contribution is -2.44. The van der Waals surface area contributed by atoms with Gasteiger partial charge in [0.25, 0.3) is 0 Å². The Hall–Kier alpha value is -1.66. The molecule has 2 aromatic rings. The second kappa shape index (κ2) is 7.07. The van der Waals surface area contributed by atoms with Crippen LogP contribution in [0.5, 0.6) is 0 Å². The van der Waals surface area contributed by atoms with Gasteiger partial charge in [0, 0.05) is 43.0 Å². The summed E-state index contributed by atoms with van der Waals surface area (Å²) in [5.74, 6) is 1.16. The highest BCUT2D eigenvalue weighted by atomic mass is 32.1. The summed E-state index contributed by atoms with van der Waals surface area (Å²) in [6.45, 7) is 2.83. The fourth-order valence-electron chi connectivity index (χ4n) is 2.94. The van der Waals surface area contributed by atoms with Gasteiger partial charge in [-0.2, -0.15) is 0 Å². The quantitative estimate of drug-likeness (QED) is 0.859. The van der Waals surface area contributed by atoms with Crippen molar-refractivity contribution in [3.63, 3.8) is 0 Å². The second-order valence-corrected chi connectivity index (χ2v) is 6.48. The molecule has 118 valence electrons. The van der Waals surface area contributed by atoms with E-state index in [1.54, 1.807) is 18.4 Å². The van der Waals surface area contributed by atoms with Crippen LogP contribution in [0, 0.1) is 5.92 Å². The average molecular weight is 319 g/mol. The predicted molar refractivity (Wildman–Crippen MR) is 89.4 cm³/mol. The molecule has 6 heteroatoms. The number of thiophene rings is 1. The number of amides is 1. The third-order valence-electron chi connectivity index (χ3n) is 4.06. The van der Waals surface area contributed by atoms with Crippen molar-refractivity contribution in [1.29, 1.82) is 0 Å². The molecule has 1 unspecified atom stereocenters. The zero-order valence-electron chi connectivity index (χ0n) is 12.7. The number of nitrogens with zero attached hydrogens (tertiary/aromatic N) is 2. The summed E-state index contributed by atoms with van der Waals surface area (Å²) in [5, 5.41) is 6.23. The minimum Gasteiger partial charge on any atom is -0.383 e. The molecular weight excluding hydrogens is 298 g/mol. The van der Waals surface area contributed by atoms with E-state index in [1.807, 2.05) is 12.3 Å². The van der Waals surface area contributed by atoms with Crippen LogP contribution in [0.15, 0.2) is 23.7 Å². The highest BCUT2D eigenvalue weighted by Crippen LogP contribution is 2.31. The van der Waals surface area contributed by atoms with Crippen LogP contribution in [0.25, 0.3) is 10.1 Å². The molecular formula is C16H21N3O2S. The molecule has 1 N–H and O–H groups in total. The van der Waals surface area contributed by atoms with Crippen molar-refractivity contribution in [1.82, 2.24) is 10.3 Å². The third-order valence-corrected chi connectivity index (χ3v) is 4.94. The highest BCUT2D eigenvalue weighted by Gasteiger charge is 2.27. The number of pyridine rings is 1. The molecule has 1 aliphatic heterocycles. The van der Waals surface area contributed by atoms with Crippen molar-refractivity contribution < 1.29 is 9.53 Å². The second-order valence-electron chi connectivity index (χ2n) is 5.54. The van der Waals surface area contributed by atoms with Gasteiger partial charge in [0.2, 0.25) is 5.91 Å². The summed E-state index contributed by atoms with van der Waals surface area (Å²) in [4.78, 5) is 19.1. The normalized spacial score (nSPS) is 18.6. The minimum atomic E-state index is 0.0290. The molecule has 5 nitrogen and oxygen atoms in total. The SMILES string of the molecule is COCCNC(=O)C1CCCN(c2nccc3sccc23)C1. The number of aromatic nitrogens is 1. The summed E-state index contributed by atoms with van der Waals surface area (Å²) < 4.78 is 6.22. The first kappa shape index (κ1) is 15.2. The largest absolute Gasteiger partial charge is 0.383 e. The van der Waals surface area contributed by atoms with E-state index in [0.29, 0.717) is 13.2 Å². The molecule has 1 aliphatic rings. The number of carbonyl (C=O) groups excluding carboxylic acids is 1. The fraction of sp³-hybridized carbons (Fsp3) is 0.500. The third kappa shape index (κ3) is 3.23. The number of anilines is 1. The number of fused-ring (bicyclic) bond motifs is 1. The first-order valence-electron chi connectivity index (χ1n) is 7.63. The van der Waals surface area contributed by atoms with Crippen LogP contribution in [0.3, 0.4) is 0 Å². The standard InChI is InChI=1S/C16H21N3O2S/c1-21-9-7-18-16(20)12-3-2-8-19(11-12)15-13-5-10-22-14(13)4-6-17-15/h4-6,10,12H,2-3,7-9,11H2,1H3,(H,18,20). The Labute approximate surface area is 134 Å². The van der Waals surface area contributed by atoms with Crippen LogP contribution in [-0.2, 0) is 9.53 Å². The first-order chi connectivity index (χ1) is 10.8. The Morgan fingerprint density at radius 3 is 3.32 bits per heavy atom. The number of hydrogen-bond donors (Lipinski definition) is 1. The molecule has 3 heterocycles. The van der Waals surface area contributed by atoms with Crippen molar-refractivity contribution >= 4 is 33.1 Å². The Kier molecular flexibility index (Phi) is 4.90. The molecule has 0 radical (unpaired) electrons. The number of hydrogen-bond acceptors (Lipinski definition) is 5. The maximum absolute atomic E-state index is 12.3. The van der Waals surface area contributed by atoms with Crippen molar-refractivity contribution in [2.75, 3.05) is 38.3 Å². The Bertz CT molecular complexity index is 643. The van der Waals surface area contributed by atoms with Gasteiger partial charge in [0.15, 0.2) is 0 Å². The van der Waals surface area contributed by atoms with E-state index in [2.05, 4.69) is 26.6 Å². The van der Waals surface area contributed by atoms with Crippen LogP contribution in [0.1, 0.15) is 12.8 Å². The summed E-state index contributed by atoms with van der Waals surface area (Å²) in [6, 6.07) is 4.16. The van der Waals surface area contributed by atoms with Gasteiger partial charge in [0.1, 0.15) is 5.82 Å². The van der Waals surface area contributed by atoms with Crippen molar-refractivity contribution in [2.45, 2.75) is 12.8 Å². The Balaban J connectivity index is 1.70. The van der Waals surface area contributed by atoms with Crippen LogP contribution >= 0.6 is 11.3 Å². The van der Waals surface area contributed by atoms with Crippen LogP contribution in [0.2, 0.25) is 0 Å². The van der Waals surface area contributed by atoms with Gasteiger partial charge in [-0.25, -0.2) is 4.98 Å². The number of piperidine rings is 1. The van der Waals surface area contributed by atoms with Gasteiger partial charge in [-0.3, -0.25) is 4.79 Å². The smallest absolute Gasteiger partial charge is 0.224 e. The Morgan fingerprint density at radius 2 is 2.45 bits per heavy atom. The van der Waals surface area contributed by atoms with E-state index in [1.165, 1.54) is 10.1 Å². The number of ether oxygens (including phenoxy) is 1. The lowest BCUT2D eigenvalue weighted by molar-refractivity contribution is -0.125. The van der Waals surface area contributed by atoms with Gasteiger partial charge in [-0.1, -0.05) is 0 Å². The van der Waals surface area contributed by atoms with E-state index < -0.39 is 0 Å². The predicted octanol–water partition coefficient (Wildman–Crippen LogP) is 2.28. The summed E-state index contributed by atoms with van der Waals surface area (Å²) in [5.41, 5.74) is 0. The van der Waals surface area contributed by atoms with Crippen LogP contribution in [0.4, 0.5) is 5.82 Å². The lowest BCUT2D eigenvalue weighted by Gasteiger charge is -2.33. The molecule has 0 bridgehead atoms. The highest BCUT2D eigenvalue weighted by molar-refractivity contribution is 7.17. The van der Waals surface area contributed by atoms with Crippen LogP contribution < -0.4 is 10.2 Å². The van der Waals surface area contributed by atoms with E-state index in [9.17, 15) is 4.79 Å². The molecule has 0 saturated carbocycles. The molecule has 2 aromatic heterocycles. The molecule has 22 heavy (non-hydrogen) atoms. The van der Waals surface area contributed by atoms with Gasteiger partial charge in [-0.05, 0) is 30.4 Å². The molecule has 3 rings (SSSR count). The zero-order chi connectivity index (χ0) is 15.4. The maximum atomic E-state index is 12.3. The summed E-state index contributed by atoms with van der Waals surface area (Å²) in [6.07, 6.45) is 3.82. The lowest BCUT2D eigenvalue weighted by atomic mass is 9.97. The minimum absolute atomic E-state index is 0.0290. The maximum Gasteiger partial charge on any atom is 0.224 e.